The first kappa shape index (κ1) is 9.78. The maximum absolute atomic E-state index is 8.48. The van der Waals surface area contributed by atoms with Gasteiger partial charge < -0.3 is 5.21 Å². The number of hydrogen-bond acceptors (Lipinski definition) is 2. The molecule has 0 aromatic heterocycles. The Bertz CT molecular complexity index is 310. The summed E-state index contributed by atoms with van der Waals surface area (Å²) in [6.07, 6.45) is 1.47. The average Bonchev–Trinajstić information content (AvgIpc) is 2.04. The molecule has 13 heavy (non-hydrogen) atoms. The molecule has 1 N–H and O–H groups in total. The van der Waals surface area contributed by atoms with Crippen molar-refractivity contribution >= 4 is 6.21 Å². The summed E-state index contributed by atoms with van der Waals surface area (Å²) in [4.78, 5) is 0. The Kier molecular flexibility index (Phi) is 2.71. The quantitative estimate of drug-likeness (QED) is 0.399. The number of benzene rings is 1. The fourth-order valence-corrected chi connectivity index (χ4v) is 1.35. The Labute approximate surface area is 78.9 Å². The topological polar surface area (TPSA) is 32.6 Å². The van der Waals surface area contributed by atoms with Crippen molar-refractivity contribution in [3.8, 4) is 0 Å². The van der Waals surface area contributed by atoms with Gasteiger partial charge in [0.1, 0.15) is 0 Å². The first-order valence-corrected chi connectivity index (χ1v) is 4.32. The molecule has 2 heteroatoms. The van der Waals surface area contributed by atoms with Gasteiger partial charge in [-0.05, 0) is 16.5 Å². The van der Waals surface area contributed by atoms with Gasteiger partial charge in [-0.2, -0.15) is 0 Å². The second kappa shape index (κ2) is 3.60. The van der Waals surface area contributed by atoms with Crippen molar-refractivity contribution < 1.29 is 5.21 Å². The van der Waals surface area contributed by atoms with Gasteiger partial charge in [-0.1, -0.05) is 50.2 Å². The molecule has 0 unspecified atom stereocenters. The molecule has 1 aromatic carbocycles. The number of nitrogens with zero attached hydrogens (tertiary/aromatic N) is 1. The second-order valence-electron chi connectivity index (χ2n) is 4.08. The van der Waals surface area contributed by atoms with Crippen molar-refractivity contribution in [2.24, 2.45) is 5.16 Å². The Balaban J connectivity index is 3.20. The third-order valence-electron chi connectivity index (χ3n) is 1.97. The Morgan fingerprint density at radius 2 is 1.85 bits per heavy atom. The molecule has 1 rings (SSSR count). The van der Waals surface area contributed by atoms with Gasteiger partial charge in [0.2, 0.25) is 0 Å². The van der Waals surface area contributed by atoms with Crippen molar-refractivity contribution in [3.05, 3.63) is 35.4 Å². The fourth-order valence-electron chi connectivity index (χ4n) is 1.35. The molecule has 0 atom stereocenters. The van der Waals surface area contributed by atoms with Crippen LogP contribution in [0.5, 0.6) is 0 Å². The van der Waals surface area contributed by atoms with Gasteiger partial charge in [-0.3, -0.25) is 0 Å². The molecule has 0 heterocycles. The van der Waals surface area contributed by atoms with E-state index in [0.717, 1.165) is 5.56 Å². The molecule has 0 amide bonds. The van der Waals surface area contributed by atoms with Crippen molar-refractivity contribution in [2.75, 3.05) is 0 Å². The Morgan fingerprint density at radius 3 is 2.38 bits per heavy atom. The molecule has 0 aliphatic carbocycles. The Morgan fingerprint density at radius 1 is 1.23 bits per heavy atom. The van der Waals surface area contributed by atoms with Crippen molar-refractivity contribution in [1.29, 1.82) is 0 Å². The summed E-state index contributed by atoms with van der Waals surface area (Å²) in [5.41, 5.74) is 2.24. The van der Waals surface area contributed by atoms with Gasteiger partial charge in [0.05, 0.1) is 6.21 Å². The zero-order valence-electron chi connectivity index (χ0n) is 8.28. The summed E-state index contributed by atoms with van der Waals surface area (Å²) in [6, 6.07) is 7.93. The van der Waals surface area contributed by atoms with E-state index >= 15 is 0 Å². The maximum Gasteiger partial charge on any atom is 0.0736 e. The number of hydrogen-bond donors (Lipinski definition) is 1. The lowest BCUT2D eigenvalue weighted by Gasteiger charge is -2.20. The normalized spacial score (nSPS) is 12.2. The number of rotatable bonds is 1. The monoisotopic (exact) mass is 177 g/mol. The van der Waals surface area contributed by atoms with Crippen LogP contribution in [0.3, 0.4) is 0 Å². The van der Waals surface area contributed by atoms with Crippen LogP contribution >= 0.6 is 0 Å². The summed E-state index contributed by atoms with van der Waals surface area (Å²) < 4.78 is 0. The lowest BCUT2D eigenvalue weighted by Crippen LogP contribution is -2.13. The highest BCUT2D eigenvalue weighted by molar-refractivity contribution is 5.81. The molecule has 0 radical (unpaired) electrons. The third kappa shape index (κ3) is 2.31. The number of oxime groups is 1. The van der Waals surface area contributed by atoms with Crippen LogP contribution in [0.4, 0.5) is 0 Å². The van der Waals surface area contributed by atoms with E-state index in [9.17, 15) is 0 Å². The summed E-state index contributed by atoms with van der Waals surface area (Å²) in [6.45, 7) is 6.41. The molecule has 2 nitrogen and oxygen atoms in total. The highest BCUT2D eigenvalue weighted by Gasteiger charge is 2.15. The molecule has 0 fully saturated rings. The van der Waals surface area contributed by atoms with Crippen LogP contribution in [0.15, 0.2) is 29.4 Å². The van der Waals surface area contributed by atoms with Crippen LogP contribution in [0.2, 0.25) is 0 Å². The first-order chi connectivity index (χ1) is 6.05. The molecule has 70 valence electrons. The lowest BCUT2D eigenvalue weighted by molar-refractivity contribution is 0.321. The van der Waals surface area contributed by atoms with E-state index in [4.69, 9.17) is 5.21 Å². The standard InChI is InChI=1S/C11H15NO/c1-11(2,3)10-7-5-4-6-9(10)8-12-13/h4-8,13H,1-3H3. The minimum absolute atomic E-state index is 0.0811. The van der Waals surface area contributed by atoms with Gasteiger partial charge in [-0.15, -0.1) is 0 Å². The van der Waals surface area contributed by atoms with Crippen LogP contribution < -0.4 is 0 Å². The molecule has 0 bridgehead atoms. The summed E-state index contributed by atoms with van der Waals surface area (Å²) in [5, 5.41) is 11.5. The van der Waals surface area contributed by atoms with Crippen LogP contribution in [-0.2, 0) is 5.41 Å². The molecule has 0 spiro atoms. The lowest BCUT2D eigenvalue weighted by atomic mass is 9.84. The van der Waals surface area contributed by atoms with Gasteiger partial charge in [0.25, 0.3) is 0 Å². The minimum Gasteiger partial charge on any atom is -0.411 e. The van der Waals surface area contributed by atoms with Crippen molar-refractivity contribution in [1.82, 2.24) is 0 Å². The predicted octanol–water partition coefficient (Wildman–Crippen LogP) is 2.79. The van der Waals surface area contributed by atoms with E-state index in [0.29, 0.717) is 0 Å². The van der Waals surface area contributed by atoms with Crippen LogP contribution in [-0.4, -0.2) is 11.4 Å². The molecule has 0 saturated heterocycles. The highest BCUT2D eigenvalue weighted by Crippen LogP contribution is 2.24. The second-order valence-corrected chi connectivity index (χ2v) is 4.08. The van der Waals surface area contributed by atoms with E-state index in [1.807, 2.05) is 18.2 Å². The molecule has 0 aliphatic rings. The van der Waals surface area contributed by atoms with E-state index in [2.05, 4.69) is 32.0 Å². The van der Waals surface area contributed by atoms with Gasteiger partial charge in [0.15, 0.2) is 0 Å². The summed E-state index contributed by atoms with van der Waals surface area (Å²) in [5.74, 6) is 0. The van der Waals surface area contributed by atoms with E-state index in [1.54, 1.807) is 0 Å². The maximum atomic E-state index is 8.48. The molecule has 0 saturated carbocycles. The molecular formula is C11H15NO. The average molecular weight is 177 g/mol. The first-order valence-electron chi connectivity index (χ1n) is 4.32. The van der Waals surface area contributed by atoms with Gasteiger partial charge in [0, 0.05) is 0 Å². The SMILES string of the molecule is CC(C)(C)c1ccccc1C=NO. The van der Waals surface area contributed by atoms with Crippen LogP contribution in [0.25, 0.3) is 0 Å². The van der Waals surface area contributed by atoms with Gasteiger partial charge in [-0.25, -0.2) is 0 Å². The smallest absolute Gasteiger partial charge is 0.0736 e. The largest absolute Gasteiger partial charge is 0.411 e. The van der Waals surface area contributed by atoms with Crippen LogP contribution in [0.1, 0.15) is 31.9 Å². The molecule has 0 aliphatic heterocycles. The molecule has 1 aromatic rings. The highest BCUT2D eigenvalue weighted by atomic mass is 16.4. The third-order valence-corrected chi connectivity index (χ3v) is 1.97. The van der Waals surface area contributed by atoms with Crippen molar-refractivity contribution in [3.63, 3.8) is 0 Å². The summed E-state index contributed by atoms with van der Waals surface area (Å²) in [7, 11) is 0. The van der Waals surface area contributed by atoms with E-state index in [-0.39, 0.29) is 5.41 Å². The fraction of sp³-hybridized carbons (Fsp3) is 0.364. The predicted molar refractivity (Wildman–Crippen MR) is 54.5 cm³/mol. The summed E-state index contributed by atoms with van der Waals surface area (Å²) >= 11 is 0. The molecular weight excluding hydrogens is 162 g/mol. The van der Waals surface area contributed by atoms with Gasteiger partial charge >= 0.3 is 0 Å². The zero-order valence-corrected chi connectivity index (χ0v) is 8.28. The minimum atomic E-state index is 0.0811. The zero-order chi connectivity index (χ0) is 9.90. The van der Waals surface area contributed by atoms with Crippen molar-refractivity contribution in [2.45, 2.75) is 26.2 Å². The van der Waals surface area contributed by atoms with E-state index < -0.39 is 0 Å². The Hall–Kier alpha value is -1.31. The van der Waals surface area contributed by atoms with E-state index in [1.165, 1.54) is 11.8 Å². The van der Waals surface area contributed by atoms with Crippen LogP contribution in [0, 0.1) is 0 Å².